The lowest BCUT2D eigenvalue weighted by Crippen LogP contribution is -2.58. The summed E-state index contributed by atoms with van der Waals surface area (Å²) >= 11 is 0. The van der Waals surface area contributed by atoms with Crippen molar-refractivity contribution < 1.29 is 14.4 Å². The highest BCUT2D eigenvalue weighted by Crippen LogP contribution is 2.52. The molecule has 1 aliphatic heterocycles. The lowest BCUT2D eigenvalue weighted by atomic mass is 9.99. The Morgan fingerprint density at radius 1 is 1.33 bits per heavy atom. The van der Waals surface area contributed by atoms with E-state index in [1.165, 1.54) is 4.90 Å². The van der Waals surface area contributed by atoms with Crippen LogP contribution in [-0.4, -0.2) is 29.3 Å². The third-order valence-corrected chi connectivity index (χ3v) is 4.05. The molecule has 0 aromatic heterocycles. The molecule has 100 valence electrons. The zero-order chi connectivity index (χ0) is 13.5. The number of carbonyl (C=O) groups excluding carboxylic acids is 3. The molecule has 2 atom stereocenters. The van der Waals surface area contributed by atoms with E-state index in [4.69, 9.17) is 0 Å². The summed E-state index contributed by atoms with van der Waals surface area (Å²) in [4.78, 5) is 36.7. The van der Waals surface area contributed by atoms with Crippen LogP contribution in [-0.2, 0) is 9.59 Å². The summed E-state index contributed by atoms with van der Waals surface area (Å²) in [5.41, 5.74) is 0.211. The van der Waals surface area contributed by atoms with Crippen LogP contribution in [0.2, 0.25) is 0 Å². The summed E-state index contributed by atoms with van der Waals surface area (Å²) in [6.07, 6.45) is 2.28. The average Bonchev–Trinajstić information content (AvgIpc) is 2.87. The molecule has 0 bridgehead atoms. The van der Waals surface area contributed by atoms with Gasteiger partial charge in [-0.15, -0.1) is 0 Å². The fourth-order valence-corrected chi connectivity index (χ4v) is 2.48. The van der Waals surface area contributed by atoms with Crippen LogP contribution in [0, 0.1) is 17.3 Å². The van der Waals surface area contributed by atoms with Crippen molar-refractivity contribution >= 4 is 17.8 Å². The third-order valence-electron chi connectivity index (χ3n) is 4.05. The molecule has 1 saturated heterocycles. The number of urea groups is 1. The monoisotopic (exact) mass is 252 g/mol. The Bertz CT molecular complexity index is 403. The van der Waals surface area contributed by atoms with E-state index in [1.54, 1.807) is 0 Å². The highest BCUT2D eigenvalue weighted by Gasteiger charge is 2.49. The van der Waals surface area contributed by atoms with Gasteiger partial charge >= 0.3 is 6.03 Å². The number of barbiturate groups is 1. The molecular formula is C13H20N2O3. The predicted octanol–water partition coefficient (Wildman–Crippen LogP) is 1.53. The number of hydrogen-bond acceptors (Lipinski definition) is 3. The quantitative estimate of drug-likeness (QED) is 0.771. The molecule has 5 heteroatoms. The maximum absolute atomic E-state index is 12.2. The SMILES string of the molecule is CCCC1C(=O)NC(=O)N(CC2CC2(C)C)C1=O. The fourth-order valence-electron chi connectivity index (χ4n) is 2.48. The summed E-state index contributed by atoms with van der Waals surface area (Å²) in [6.45, 7) is 6.60. The minimum Gasteiger partial charge on any atom is -0.277 e. The first-order valence-corrected chi connectivity index (χ1v) is 6.53. The zero-order valence-corrected chi connectivity index (χ0v) is 11.2. The van der Waals surface area contributed by atoms with Gasteiger partial charge in [0.25, 0.3) is 0 Å². The van der Waals surface area contributed by atoms with Crippen LogP contribution in [0.4, 0.5) is 4.79 Å². The Balaban J connectivity index is 2.06. The molecule has 1 saturated carbocycles. The van der Waals surface area contributed by atoms with E-state index >= 15 is 0 Å². The van der Waals surface area contributed by atoms with Gasteiger partial charge in [-0.25, -0.2) is 4.79 Å². The Morgan fingerprint density at radius 3 is 2.44 bits per heavy atom. The van der Waals surface area contributed by atoms with Crippen molar-refractivity contribution in [3.8, 4) is 0 Å². The van der Waals surface area contributed by atoms with Crippen LogP contribution in [0.25, 0.3) is 0 Å². The van der Waals surface area contributed by atoms with Gasteiger partial charge in [-0.05, 0) is 24.2 Å². The molecule has 18 heavy (non-hydrogen) atoms. The summed E-state index contributed by atoms with van der Waals surface area (Å²) in [7, 11) is 0. The van der Waals surface area contributed by atoms with E-state index in [1.807, 2.05) is 6.92 Å². The first-order valence-electron chi connectivity index (χ1n) is 6.53. The minimum atomic E-state index is -0.686. The second-order valence-corrected chi connectivity index (χ2v) is 5.97. The molecule has 0 spiro atoms. The van der Waals surface area contributed by atoms with E-state index in [0.29, 0.717) is 18.9 Å². The average molecular weight is 252 g/mol. The van der Waals surface area contributed by atoms with Crippen LogP contribution in [0.3, 0.4) is 0 Å². The Morgan fingerprint density at radius 2 is 1.94 bits per heavy atom. The highest BCUT2D eigenvalue weighted by atomic mass is 16.2. The maximum atomic E-state index is 12.2. The normalized spacial score (nSPS) is 30.4. The molecule has 4 amide bonds. The van der Waals surface area contributed by atoms with Crippen molar-refractivity contribution in [1.29, 1.82) is 0 Å². The summed E-state index contributed by atoms with van der Waals surface area (Å²) < 4.78 is 0. The van der Waals surface area contributed by atoms with Gasteiger partial charge in [0.1, 0.15) is 5.92 Å². The first kappa shape index (κ1) is 13.1. The molecule has 2 unspecified atom stereocenters. The van der Waals surface area contributed by atoms with Crippen molar-refractivity contribution in [2.45, 2.75) is 40.0 Å². The number of nitrogens with one attached hydrogen (secondary N) is 1. The van der Waals surface area contributed by atoms with Crippen molar-refractivity contribution in [3.05, 3.63) is 0 Å². The van der Waals surface area contributed by atoms with E-state index in [-0.39, 0.29) is 11.3 Å². The largest absolute Gasteiger partial charge is 0.330 e. The van der Waals surface area contributed by atoms with Crippen molar-refractivity contribution in [3.63, 3.8) is 0 Å². The predicted molar refractivity (Wildman–Crippen MR) is 65.5 cm³/mol. The van der Waals surface area contributed by atoms with Gasteiger partial charge in [-0.3, -0.25) is 19.8 Å². The van der Waals surface area contributed by atoms with Gasteiger partial charge in [0, 0.05) is 6.54 Å². The van der Waals surface area contributed by atoms with Crippen LogP contribution >= 0.6 is 0 Å². The molecular weight excluding hydrogens is 232 g/mol. The molecule has 2 rings (SSSR count). The molecule has 0 aromatic rings. The standard InChI is InChI=1S/C13H20N2O3/c1-4-5-9-10(16)14-12(18)15(11(9)17)7-8-6-13(8,2)3/h8-9H,4-7H2,1-3H3,(H,14,16,18). The molecule has 1 N–H and O–H groups in total. The van der Waals surface area contributed by atoms with Crippen molar-refractivity contribution in [2.24, 2.45) is 17.3 Å². The van der Waals surface area contributed by atoms with Gasteiger partial charge in [0.05, 0.1) is 0 Å². The second kappa shape index (κ2) is 4.37. The molecule has 5 nitrogen and oxygen atoms in total. The Kier molecular flexibility index (Phi) is 3.17. The number of imide groups is 2. The third kappa shape index (κ3) is 2.26. The summed E-state index contributed by atoms with van der Waals surface area (Å²) in [6, 6.07) is -0.556. The molecule has 0 aromatic carbocycles. The number of hydrogen-bond donors (Lipinski definition) is 1. The van der Waals surface area contributed by atoms with Gasteiger partial charge in [-0.2, -0.15) is 0 Å². The van der Waals surface area contributed by atoms with E-state index < -0.39 is 17.9 Å². The Hall–Kier alpha value is -1.39. The number of carbonyl (C=O) groups is 3. The van der Waals surface area contributed by atoms with Crippen molar-refractivity contribution in [2.75, 3.05) is 6.54 Å². The van der Waals surface area contributed by atoms with Crippen molar-refractivity contribution in [1.82, 2.24) is 10.2 Å². The second-order valence-electron chi connectivity index (χ2n) is 5.97. The van der Waals surface area contributed by atoms with Gasteiger partial charge < -0.3 is 0 Å². The number of rotatable bonds is 4. The van der Waals surface area contributed by atoms with Crippen LogP contribution < -0.4 is 5.32 Å². The topological polar surface area (TPSA) is 66.5 Å². The van der Waals surface area contributed by atoms with Crippen LogP contribution in [0.1, 0.15) is 40.0 Å². The zero-order valence-electron chi connectivity index (χ0n) is 11.2. The summed E-state index contributed by atoms with van der Waals surface area (Å²) in [5.74, 6) is -1.09. The number of nitrogens with zero attached hydrogens (tertiary/aromatic N) is 1. The smallest absolute Gasteiger partial charge is 0.277 e. The molecule has 1 aliphatic carbocycles. The number of amides is 4. The molecule has 2 fully saturated rings. The van der Waals surface area contributed by atoms with E-state index in [0.717, 1.165) is 12.8 Å². The lowest BCUT2D eigenvalue weighted by molar-refractivity contribution is -0.143. The van der Waals surface area contributed by atoms with Gasteiger partial charge in [0.15, 0.2) is 0 Å². The summed E-state index contributed by atoms with van der Waals surface area (Å²) in [5, 5.41) is 2.28. The lowest BCUT2D eigenvalue weighted by Gasteiger charge is -2.30. The highest BCUT2D eigenvalue weighted by molar-refractivity contribution is 6.16. The van der Waals surface area contributed by atoms with Crippen LogP contribution in [0.5, 0.6) is 0 Å². The molecule has 2 aliphatic rings. The Labute approximate surface area is 107 Å². The van der Waals surface area contributed by atoms with E-state index in [9.17, 15) is 14.4 Å². The maximum Gasteiger partial charge on any atom is 0.330 e. The fraction of sp³-hybridized carbons (Fsp3) is 0.769. The minimum absolute atomic E-state index is 0.211. The first-order chi connectivity index (χ1) is 8.36. The molecule has 0 radical (unpaired) electrons. The van der Waals surface area contributed by atoms with Gasteiger partial charge in [-0.1, -0.05) is 27.2 Å². The van der Waals surface area contributed by atoms with Gasteiger partial charge in [0.2, 0.25) is 11.8 Å². The van der Waals surface area contributed by atoms with Crippen LogP contribution in [0.15, 0.2) is 0 Å². The molecule has 1 heterocycles. The van der Waals surface area contributed by atoms with E-state index in [2.05, 4.69) is 19.2 Å².